The molecule has 1 aliphatic rings. The molecule has 5 nitrogen and oxygen atoms in total. The van der Waals surface area contributed by atoms with Gasteiger partial charge in [0.2, 0.25) is 0 Å². The number of amides is 2. The Morgan fingerprint density at radius 1 is 1.53 bits per heavy atom. The number of carbonyl (C=O) groups excluding carboxylic acids is 1. The first-order chi connectivity index (χ1) is 7.15. The maximum atomic E-state index is 11.7. The summed E-state index contributed by atoms with van der Waals surface area (Å²) in [4.78, 5) is 15.8. The summed E-state index contributed by atoms with van der Waals surface area (Å²) >= 11 is 0. The van der Waals surface area contributed by atoms with Crippen molar-refractivity contribution >= 4 is 6.03 Å². The number of nitrogens with zero attached hydrogens (tertiary/aromatic N) is 2. The molecule has 1 saturated heterocycles. The lowest BCUT2D eigenvalue weighted by Crippen LogP contribution is -2.54. The van der Waals surface area contributed by atoms with Crippen molar-refractivity contribution in [1.82, 2.24) is 15.1 Å². The van der Waals surface area contributed by atoms with Gasteiger partial charge in [-0.2, -0.15) is 0 Å². The van der Waals surface area contributed by atoms with Crippen LogP contribution in [0.5, 0.6) is 0 Å². The van der Waals surface area contributed by atoms with E-state index in [2.05, 4.69) is 24.2 Å². The fourth-order valence-corrected chi connectivity index (χ4v) is 1.60. The van der Waals surface area contributed by atoms with Crippen LogP contribution < -0.4 is 5.32 Å². The number of urea groups is 1. The lowest BCUT2D eigenvalue weighted by atomic mass is 10.2. The number of ether oxygens (including phenoxy) is 1. The predicted octanol–water partition coefficient (Wildman–Crippen LogP) is -0.0217. The van der Waals surface area contributed by atoms with Crippen LogP contribution >= 0.6 is 0 Å². The Morgan fingerprint density at radius 3 is 2.87 bits per heavy atom. The number of hydrogen-bond donors (Lipinski definition) is 1. The minimum absolute atomic E-state index is 0.0204. The lowest BCUT2D eigenvalue weighted by Gasteiger charge is -2.37. The van der Waals surface area contributed by atoms with Gasteiger partial charge in [0.25, 0.3) is 0 Å². The molecule has 1 rings (SSSR count). The fraction of sp³-hybridized carbons (Fsp3) is 0.900. The molecule has 0 aromatic heterocycles. The van der Waals surface area contributed by atoms with Crippen LogP contribution in [0.4, 0.5) is 4.79 Å². The van der Waals surface area contributed by atoms with E-state index in [0.717, 1.165) is 19.6 Å². The van der Waals surface area contributed by atoms with Crippen molar-refractivity contribution in [2.75, 3.05) is 46.9 Å². The van der Waals surface area contributed by atoms with Gasteiger partial charge < -0.3 is 19.9 Å². The highest BCUT2D eigenvalue weighted by molar-refractivity contribution is 5.74. The second-order valence-corrected chi connectivity index (χ2v) is 4.00. The Morgan fingerprint density at radius 2 is 2.27 bits per heavy atom. The Balaban J connectivity index is 2.28. The molecule has 0 spiro atoms. The molecule has 1 fully saturated rings. The van der Waals surface area contributed by atoms with E-state index in [1.165, 1.54) is 0 Å². The largest absolute Gasteiger partial charge is 0.383 e. The molecule has 0 radical (unpaired) electrons. The average Bonchev–Trinajstić information content (AvgIpc) is 2.22. The molecule has 1 N–H and O–H groups in total. The molecule has 1 aliphatic heterocycles. The van der Waals surface area contributed by atoms with E-state index in [1.807, 2.05) is 4.90 Å². The summed E-state index contributed by atoms with van der Waals surface area (Å²) in [5.74, 6) is 0. The van der Waals surface area contributed by atoms with Crippen molar-refractivity contribution in [3.63, 3.8) is 0 Å². The summed E-state index contributed by atoms with van der Waals surface area (Å²) in [6.45, 7) is 5.83. The maximum Gasteiger partial charge on any atom is 0.317 e. The van der Waals surface area contributed by atoms with Crippen molar-refractivity contribution in [3.8, 4) is 0 Å². The first-order valence-electron chi connectivity index (χ1n) is 5.37. The van der Waals surface area contributed by atoms with Gasteiger partial charge in [-0.1, -0.05) is 0 Å². The van der Waals surface area contributed by atoms with E-state index in [9.17, 15) is 4.79 Å². The summed E-state index contributed by atoms with van der Waals surface area (Å²) in [6, 6.07) is 0.457. The quantitative estimate of drug-likeness (QED) is 0.673. The number of carbonyl (C=O) groups is 1. The lowest BCUT2D eigenvalue weighted by molar-refractivity contribution is 0.116. The molecule has 2 amide bonds. The monoisotopic (exact) mass is 215 g/mol. The third kappa shape index (κ3) is 3.68. The van der Waals surface area contributed by atoms with Gasteiger partial charge in [0.1, 0.15) is 0 Å². The van der Waals surface area contributed by atoms with Gasteiger partial charge in [-0.3, -0.25) is 0 Å². The van der Waals surface area contributed by atoms with Gasteiger partial charge in [0, 0.05) is 39.3 Å². The number of piperazine rings is 1. The van der Waals surface area contributed by atoms with Crippen molar-refractivity contribution in [2.24, 2.45) is 0 Å². The van der Waals surface area contributed by atoms with Gasteiger partial charge in [-0.25, -0.2) is 4.79 Å². The number of rotatable bonds is 3. The highest BCUT2D eigenvalue weighted by Crippen LogP contribution is 2.06. The molecule has 15 heavy (non-hydrogen) atoms. The van der Waals surface area contributed by atoms with Crippen LogP contribution in [0, 0.1) is 0 Å². The third-order valence-corrected chi connectivity index (χ3v) is 2.83. The molecule has 88 valence electrons. The Bertz CT molecular complexity index is 211. The average molecular weight is 215 g/mol. The van der Waals surface area contributed by atoms with Crippen molar-refractivity contribution in [2.45, 2.75) is 13.0 Å². The first-order valence-corrected chi connectivity index (χ1v) is 5.37. The van der Waals surface area contributed by atoms with Gasteiger partial charge in [-0.05, 0) is 14.0 Å². The molecule has 0 unspecified atom stereocenters. The van der Waals surface area contributed by atoms with E-state index >= 15 is 0 Å². The molecule has 1 heterocycles. The van der Waals surface area contributed by atoms with E-state index < -0.39 is 0 Å². The van der Waals surface area contributed by atoms with E-state index in [0.29, 0.717) is 19.2 Å². The molecule has 0 aromatic carbocycles. The summed E-state index contributed by atoms with van der Waals surface area (Å²) < 4.78 is 4.88. The van der Waals surface area contributed by atoms with Crippen LogP contribution in [-0.4, -0.2) is 68.8 Å². The SMILES string of the molecule is COCCNC(=O)N1CCN(C)[C@@H](C)C1. The molecule has 0 saturated carbocycles. The minimum Gasteiger partial charge on any atom is -0.383 e. The number of hydrogen-bond acceptors (Lipinski definition) is 3. The Hall–Kier alpha value is -0.810. The molecule has 5 heteroatoms. The van der Waals surface area contributed by atoms with E-state index in [1.54, 1.807) is 7.11 Å². The Kier molecular flexibility index (Phi) is 4.84. The molecular weight excluding hydrogens is 194 g/mol. The van der Waals surface area contributed by atoms with Crippen LogP contribution in [0.15, 0.2) is 0 Å². The van der Waals surface area contributed by atoms with Crippen LogP contribution in [-0.2, 0) is 4.74 Å². The summed E-state index contributed by atoms with van der Waals surface area (Å²) in [7, 11) is 3.72. The second kappa shape index (κ2) is 5.92. The molecular formula is C10H21N3O2. The van der Waals surface area contributed by atoms with Crippen molar-refractivity contribution in [1.29, 1.82) is 0 Å². The highest BCUT2D eigenvalue weighted by atomic mass is 16.5. The van der Waals surface area contributed by atoms with Gasteiger partial charge >= 0.3 is 6.03 Å². The van der Waals surface area contributed by atoms with Crippen LogP contribution in [0.25, 0.3) is 0 Å². The zero-order valence-corrected chi connectivity index (χ0v) is 9.82. The predicted molar refractivity (Wildman–Crippen MR) is 58.9 cm³/mol. The zero-order chi connectivity index (χ0) is 11.3. The topological polar surface area (TPSA) is 44.8 Å². The number of nitrogens with one attached hydrogen (secondary N) is 1. The van der Waals surface area contributed by atoms with Crippen LogP contribution in [0.2, 0.25) is 0 Å². The van der Waals surface area contributed by atoms with Crippen molar-refractivity contribution in [3.05, 3.63) is 0 Å². The maximum absolute atomic E-state index is 11.7. The molecule has 1 atom stereocenters. The summed E-state index contributed by atoms with van der Waals surface area (Å²) in [5.41, 5.74) is 0. The van der Waals surface area contributed by atoms with E-state index in [-0.39, 0.29) is 6.03 Å². The van der Waals surface area contributed by atoms with Gasteiger partial charge in [0.05, 0.1) is 6.61 Å². The second-order valence-electron chi connectivity index (χ2n) is 4.00. The van der Waals surface area contributed by atoms with E-state index in [4.69, 9.17) is 4.74 Å². The normalized spacial score (nSPS) is 22.9. The fourth-order valence-electron chi connectivity index (χ4n) is 1.60. The van der Waals surface area contributed by atoms with Crippen LogP contribution in [0.1, 0.15) is 6.92 Å². The third-order valence-electron chi connectivity index (χ3n) is 2.83. The standard InChI is InChI=1S/C10H21N3O2/c1-9-8-13(6-5-12(9)2)10(14)11-4-7-15-3/h9H,4-8H2,1-3H3,(H,11,14)/t9-/m0/s1. The molecule has 0 aliphatic carbocycles. The number of likely N-dealkylation sites (N-methyl/N-ethyl adjacent to an activating group) is 1. The molecule has 0 aromatic rings. The Labute approximate surface area is 91.4 Å². The first kappa shape index (κ1) is 12.3. The highest BCUT2D eigenvalue weighted by Gasteiger charge is 2.23. The van der Waals surface area contributed by atoms with Crippen LogP contribution in [0.3, 0.4) is 0 Å². The van der Waals surface area contributed by atoms with Gasteiger partial charge in [-0.15, -0.1) is 0 Å². The minimum atomic E-state index is 0.0204. The zero-order valence-electron chi connectivity index (χ0n) is 9.82. The number of methoxy groups -OCH3 is 1. The summed E-state index contributed by atoms with van der Waals surface area (Å²) in [5, 5.41) is 2.83. The smallest absolute Gasteiger partial charge is 0.317 e. The van der Waals surface area contributed by atoms with Crippen molar-refractivity contribution < 1.29 is 9.53 Å². The van der Waals surface area contributed by atoms with Gasteiger partial charge in [0.15, 0.2) is 0 Å². The molecule has 0 bridgehead atoms. The summed E-state index contributed by atoms with van der Waals surface area (Å²) in [6.07, 6.45) is 0.